The Hall–Kier alpha value is -0.380. The third-order valence-corrected chi connectivity index (χ3v) is 3.38. The van der Waals surface area contributed by atoms with E-state index in [-0.39, 0.29) is 0 Å². The number of nitrogens with one attached hydrogen (secondary N) is 1. The molecule has 2 unspecified atom stereocenters. The van der Waals surface area contributed by atoms with Crippen LogP contribution in [0.5, 0.6) is 0 Å². The summed E-state index contributed by atoms with van der Waals surface area (Å²) in [5.41, 5.74) is 0. The summed E-state index contributed by atoms with van der Waals surface area (Å²) in [4.78, 5) is 2.50. The molecule has 2 atom stereocenters. The van der Waals surface area contributed by atoms with Gasteiger partial charge in [-0.1, -0.05) is 13.0 Å². The second-order valence-corrected chi connectivity index (χ2v) is 5.08. The Morgan fingerprint density at radius 2 is 2.29 bits per heavy atom. The first-order valence-electron chi connectivity index (χ1n) is 6.89. The van der Waals surface area contributed by atoms with Crippen LogP contribution < -0.4 is 5.32 Å². The van der Waals surface area contributed by atoms with Gasteiger partial charge >= 0.3 is 0 Å². The van der Waals surface area contributed by atoms with Crippen molar-refractivity contribution in [2.45, 2.75) is 51.8 Å². The molecule has 100 valence electrons. The van der Waals surface area contributed by atoms with E-state index in [1.165, 1.54) is 0 Å². The molecule has 1 rings (SSSR count). The van der Waals surface area contributed by atoms with Crippen LogP contribution in [0.15, 0.2) is 12.7 Å². The van der Waals surface area contributed by atoms with E-state index in [2.05, 4.69) is 37.6 Å². The fourth-order valence-corrected chi connectivity index (χ4v) is 2.28. The maximum absolute atomic E-state index is 5.92. The fraction of sp³-hybridized carbons (Fsp3) is 0.857. The van der Waals surface area contributed by atoms with E-state index < -0.39 is 0 Å². The van der Waals surface area contributed by atoms with Gasteiger partial charge in [-0.25, -0.2) is 0 Å². The van der Waals surface area contributed by atoms with Crippen molar-refractivity contribution in [3.8, 4) is 0 Å². The van der Waals surface area contributed by atoms with Gasteiger partial charge in [0.25, 0.3) is 0 Å². The summed E-state index contributed by atoms with van der Waals surface area (Å²) in [6, 6.07) is 1.02. The molecule has 0 aromatic rings. The molecule has 0 bridgehead atoms. The summed E-state index contributed by atoms with van der Waals surface area (Å²) in [5, 5.41) is 3.58. The maximum atomic E-state index is 5.92. The van der Waals surface area contributed by atoms with E-state index in [9.17, 15) is 0 Å². The summed E-state index contributed by atoms with van der Waals surface area (Å²) >= 11 is 0. The van der Waals surface area contributed by atoms with Crippen LogP contribution >= 0.6 is 0 Å². The zero-order valence-corrected chi connectivity index (χ0v) is 11.6. The third kappa shape index (κ3) is 4.78. The Balaban J connectivity index is 2.50. The minimum Gasteiger partial charge on any atom is -0.374 e. The van der Waals surface area contributed by atoms with Gasteiger partial charge in [0, 0.05) is 25.2 Å². The fourth-order valence-electron chi connectivity index (χ4n) is 2.28. The zero-order chi connectivity index (χ0) is 12.7. The first kappa shape index (κ1) is 14.7. The molecule has 1 heterocycles. The summed E-state index contributed by atoms with van der Waals surface area (Å²) in [7, 11) is 0. The topological polar surface area (TPSA) is 24.5 Å². The van der Waals surface area contributed by atoms with Gasteiger partial charge in [0.1, 0.15) is 0 Å². The monoisotopic (exact) mass is 240 g/mol. The van der Waals surface area contributed by atoms with Crippen molar-refractivity contribution in [2.75, 3.05) is 26.2 Å². The van der Waals surface area contributed by atoms with Gasteiger partial charge in [0.2, 0.25) is 0 Å². The average Bonchev–Trinajstić information content (AvgIpc) is 2.34. The lowest BCUT2D eigenvalue weighted by atomic mass is 10.0. The van der Waals surface area contributed by atoms with Crippen LogP contribution in [-0.4, -0.2) is 49.3 Å². The van der Waals surface area contributed by atoms with E-state index in [4.69, 9.17) is 4.74 Å². The predicted octanol–water partition coefficient (Wildman–Crippen LogP) is 2.04. The second kappa shape index (κ2) is 7.85. The number of nitrogens with zero attached hydrogens (tertiary/aromatic N) is 1. The molecule has 0 saturated carbocycles. The molecule has 1 N–H and O–H groups in total. The molecule has 0 aliphatic carbocycles. The Morgan fingerprint density at radius 1 is 1.53 bits per heavy atom. The molecule has 1 aliphatic heterocycles. The molecule has 1 aliphatic rings. The molecule has 0 aromatic carbocycles. The summed E-state index contributed by atoms with van der Waals surface area (Å²) in [6.07, 6.45) is 4.44. The Bertz CT molecular complexity index is 218. The van der Waals surface area contributed by atoms with Gasteiger partial charge in [-0.15, -0.1) is 6.58 Å². The average molecular weight is 240 g/mol. The van der Waals surface area contributed by atoms with Gasteiger partial charge < -0.3 is 10.1 Å². The van der Waals surface area contributed by atoms with Gasteiger partial charge in [-0.3, -0.25) is 4.90 Å². The predicted molar refractivity (Wildman–Crippen MR) is 73.3 cm³/mol. The van der Waals surface area contributed by atoms with E-state index in [1.807, 2.05) is 6.08 Å². The molecule has 0 aromatic heterocycles. The van der Waals surface area contributed by atoms with Crippen molar-refractivity contribution in [1.82, 2.24) is 10.2 Å². The number of rotatable bonds is 7. The molecule has 0 amide bonds. The van der Waals surface area contributed by atoms with Crippen LogP contribution in [0.1, 0.15) is 33.6 Å². The Kier molecular flexibility index (Phi) is 6.78. The van der Waals surface area contributed by atoms with Gasteiger partial charge in [0.05, 0.1) is 12.7 Å². The van der Waals surface area contributed by atoms with Crippen LogP contribution in [0.3, 0.4) is 0 Å². The maximum Gasteiger partial charge on any atom is 0.0858 e. The van der Waals surface area contributed by atoms with Crippen molar-refractivity contribution in [1.29, 1.82) is 0 Å². The Labute approximate surface area is 106 Å². The SMILES string of the molecule is C=CCC(NCCC)C1CN(C(C)C)CCO1. The normalized spacial score (nSPS) is 23.9. The third-order valence-electron chi connectivity index (χ3n) is 3.38. The lowest BCUT2D eigenvalue weighted by Crippen LogP contribution is -2.53. The molecule has 0 radical (unpaired) electrons. The van der Waals surface area contributed by atoms with Crippen LogP contribution in [0.25, 0.3) is 0 Å². The molecule has 3 nitrogen and oxygen atoms in total. The van der Waals surface area contributed by atoms with Crippen molar-refractivity contribution in [3.05, 3.63) is 12.7 Å². The highest BCUT2D eigenvalue weighted by Gasteiger charge is 2.27. The highest BCUT2D eigenvalue weighted by molar-refractivity contribution is 4.88. The van der Waals surface area contributed by atoms with E-state index in [0.717, 1.165) is 39.1 Å². The second-order valence-electron chi connectivity index (χ2n) is 5.08. The minimum absolute atomic E-state index is 0.302. The lowest BCUT2D eigenvalue weighted by Gasteiger charge is -2.39. The molecule has 0 spiro atoms. The summed E-state index contributed by atoms with van der Waals surface area (Å²) in [6.45, 7) is 14.6. The lowest BCUT2D eigenvalue weighted by molar-refractivity contribution is -0.0547. The van der Waals surface area contributed by atoms with Crippen LogP contribution in [0.4, 0.5) is 0 Å². The number of hydrogen-bond acceptors (Lipinski definition) is 3. The van der Waals surface area contributed by atoms with Gasteiger partial charge in [-0.2, -0.15) is 0 Å². The smallest absolute Gasteiger partial charge is 0.0858 e. The van der Waals surface area contributed by atoms with Crippen LogP contribution in [0.2, 0.25) is 0 Å². The van der Waals surface area contributed by atoms with E-state index >= 15 is 0 Å². The van der Waals surface area contributed by atoms with Crippen LogP contribution in [-0.2, 0) is 4.74 Å². The quantitative estimate of drug-likeness (QED) is 0.689. The molecular formula is C14H28N2O. The molecule has 17 heavy (non-hydrogen) atoms. The zero-order valence-electron chi connectivity index (χ0n) is 11.6. The van der Waals surface area contributed by atoms with Crippen molar-refractivity contribution >= 4 is 0 Å². The molecule has 3 heteroatoms. The first-order chi connectivity index (χ1) is 8.19. The van der Waals surface area contributed by atoms with Crippen LogP contribution in [0, 0.1) is 0 Å². The summed E-state index contributed by atoms with van der Waals surface area (Å²) < 4.78 is 5.92. The number of ether oxygens (including phenoxy) is 1. The van der Waals surface area contributed by atoms with Crippen molar-refractivity contribution < 1.29 is 4.74 Å². The first-order valence-corrected chi connectivity index (χ1v) is 6.89. The minimum atomic E-state index is 0.302. The molecule has 1 saturated heterocycles. The van der Waals surface area contributed by atoms with Gasteiger partial charge in [-0.05, 0) is 33.2 Å². The number of morpholine rings is 1. The standard InChI is InChI=1S/C14H28N2O/c1-5-7-13(15-8-6-2)14-11-16(12(3)4)9-10-17-14/h5,12-15H,1,6-11H2,2-4H3. The van der Waals surface area contributed by atoms with Crippen molar-refractivity contribution in [3.63, 3.8) is 0 Å². The highest BCUT2D eigenvalue weighted by Crippen LogP contribution is 2.14. The molecule has 1 fully saturated rings. The van der Waals surface area contributed by atoms with Crippen molar-refractivity contribution in [2.24, 2.45) is 0 Å². The van der Waals surface area contributed by atoms with Gasteiger partial charge in [0.15, 0.2) is 0 Å². The van der Waals surface area contributed by atoms with E-state index in [1.54, 1.807) is 0 Å². The molecular weight excluding hydrogens is 212 g/mol. The number of hydrogen-bond donors (Lipinski definition) is 1. The van der Waals surface area contributed by atoms with E-state index in [0.29, 0.717) is 18.2 Å². The Morgan fingerprint density at radius 3 is 2.88 bits per heavy atom. The summed E-state index contributed by atoms with van der Waals surface area (Å²) in [5.74, 6) is 0. The highest BCUT2D eigenvalue weighted by atomic mass is 16.5. The largest absolute Gasteiger partial charge is 0.374 e.